The second-order valence-corrected chi connectivity index (χ2v) is 8.47. The molecule has 0 spiro atoms. The molecule has 2 saturated heterocycles. The molecule has 4 rings (SSSR count). The Hall–Kier alpha value is -3.17. The number of hydrogen-bond donors (Lipinski definition) is 1. The third kappa shape index (κ3) is 4.62. The number of thiazole rings is 1. The number of nitrogen functional groups attached to an aromatic ring is 1. The Morgan fingerprint density at radius 3 is 2.94 bits per heavy atom. The third-order valence-electron chi connectivity index (χ3n) is 4.99. The Labute approximate surface area is 184 Å². The number of terminal acetylenes is 1. The van der Waals surface area contributed by atoms with Crippen molar-refractivity contribution in [1.82, 2.24) is 29.7 Å². The van der Waals surface area contributed by atoms with E-state index in [0.29, 0.717) is 61.1 Å². The molecule has 2 aromatic rings. The molecule has 11 nitrogen and oxygen atoms in total. The minimum absolute atomic E-state index is 0.0477. The molecule has 2 atom stereocenters. The molecular formula is C19H24N8O3S. The molecule has 2 N–H and O–H groups in total. The molecule has 1 unspecified atom stereocenters. The van der Waals surface area contributed by atoms with E-state index in [1.54, 1.807) is 30.1 Å². The first kappa shape index (κ1) is 21.1. The lowest BCUT2D eigenvalue weighted by Crippen LogP contribution is -2.45. The van der Waals surface area contributed by atoms with Crippen molar-refractivity contribution in [2.24, 2.45) is 0 Å². The zero-order chi connectivity index (χ0) is 22.0. The highest BCUT2D eigenvalue weighted by molar-refractivity contribution is 7.18. The summed E-state index contributed by atoms with van der Waals surface area (Å²) in [6, 6.07) is -0.158. The molecule has 2 fully saturated rings. The number of hydrogen-bond acceptors (Lipinski definition) is 10. The summed E-state index contributed by atoms with van der Waals surface area (Å²) in [5.41, 5.74) is 5.79. The fraction of sp³-hybridized carbons (Fsp3) is 0.526. The number of aromatic nitrogens is 4. The lowest BCUT2D eigenvalue weighted by atomic mass is 10.2. The van der Waals surface area contributed by atoms with E-state index < -0.39 is 0 Å². The highest BCUT2D eigenvalue weighted by Gasteiger charge is 2.30. The van der Waals surface area contributed by atoms with E-state index in [4.69, 9.17) is 21.6 Å². The van der Waals surface area contributed by atoms with E-state index in [0.717, 1.165) is 0 Å². The standard InChI is InChI=1S/C19H24N8O3S/c1-4-12-11-29-8-7-27(12)17-22-15(14-9-21-16(20)31-14)23-18(24-17)30-13-5-6-26(10-13)19(28)25(2)3/h1,9,12-13H,5-8,10-11H2,2-3H3,(H2,20,21)/t12-,13?/m0/s1. The van der Waals surface area contributed by atoms with Crippen molar-refractivity contribution >= 4 is 28.4 Å². The largest absolute Gasteiger partial charge is 0.458 e. The topological polar surface area (TPSA) is 123 Å². The van der Waals surface area contributed by atoms with Gasteiger partial charge in [-0.15, -0.1) is 6.42 Å². The van der Waals surface area contributed by atoms with Crippen LogP contribution in [0, 0.1) is 12.3 Å². The number of morpholine rings is 1. The molecule has 0 aromatic carbocycles. The van der Waals surface area contributed by atoms with Gasteiger partial charge in [-0.05, 0) is 0 Å². The van der Waals surface area contributed by atoms with E-state index in [1.165, 1.54) is 11.3 Å². The lowest BCUT2D eigenvalue weighted by Gasteiger charge is -2.32. The molecule has 164 valence electrons. The van der Waals surface area contributed by atoms with Crippen molar-refractivity contribution < 1.29 is 14.3 Å². The predicted molar refractivity (Wildman–Crippen MR) is 116 cm³/mol. The van der Waals surface area contributed by atoms with Crippen molar-refractivity contribution in [1.29, 1.82) is 0 Å². The van der Waals surface area contributed by atoms with Crippen LogP contribution in [0.4, 0.5) is 15.9 Å². The molecule has 2 aromatic heterocycles. The van der Waals surface area contributed by atoms with E-state index in [9.17, 15) is 4.79 Å². The van der Waals surface area contributed by atoms with Crippen molar-refractivity contribution in [3.63, 3.8) is 0 Å². The Morgan fingerprint density at radius 2 is 2.23 bits per heavy atom. The van der Waals surface area contributed by atoms with E-state index >= 15 is 0 Å². The van der Waals surface area contributed by atoms with Crippen molar-refractivity contribution in [2.45, 2.75) is 18.6 Å². The number of nitrogens with zero attached hydrogens (tertiary/aromatic N) is 7. The van der Waals surface area contributed by atoms with Gasteiger partial charge in [0.15, 0.2) is 11.0 Å². The summed E-state index contributed by atoms with van der Waals surface area (Å²) in [6.45, 7) is 2.54. The van der Waals surface area contributed by atoms with Gasteiger partial charge in [-0.2, -0.15) is 15.0 Å². The van der Waals surface area contributed by atoms with Crippen LogP contribution in [0.15, 0.2) is 6.20 Å². The zero-order valence-electron chi connectivity index (χ0n) is 17.4. The first-order valence-electron chi connectivity index (χ1n) is 9.85. The van der Waals surface area contributed by atoms with Gasteiger partial charge in [0.25, 0.3) is 0 Å². The lowest BCUT2D eigenvalue weighted by molar-refractivity contribution is 0.107. The molecule has 31 heavy (non-hydrogen) atoms. The van der Waals surface area contributed by atoms with Gasteiger partial charge >= 0.3 is 12.0 Å². The SMILES string of the molecule is C#C[C@H]1COCCN1c1nc(OC2CCN(C(=O)N(C)C)C2)nc(-c2cnc(N)s2)n1. The number of likely N-dealkylation sites (tertiary alicyclic amines) is 1. The van der Waals surface area contributed by atoms with Crippen LogP contribution in [0.2, 0.25) is 0 Å². The molecule has 2 aliphatic rings. The Kier molecular flexibility index (Phi) is 6.06. The molecule has 0 radical (unpaired) electrons. The minimum atomic E-state index is -0.289. The molecule has 2 aliphatic heterocycles. The number of nitrogens with two attached hydrogens (primary N) is 1. The number of amides is 2. The number of anilines is 2. The van der Waals surface area contributed by atoms with E-state index in [-0.39, 0.29) is 24.2 Å². The van der Waals surface area contributed by atoms with Crippen molar-refractivity contribution in [2.75, 3.05) is 57.6 Å². The van der Waals surface area contributed by atoms with Gasteiger partial charge in [0.2, 0.25) is 5.95 Å². The second kappa shape index (κ2) is 8.91. The van der Waals surface area contributed by atoms with Gasteiger partial charge in [0.05, 0.1) is 30.8 Å². The van der Waals surface area contributed by atoms with Crippen LogP contribution >= 0.6 is 11.3 Å². The van der Waals surface area contributed by atoms with Crippen LogP contribution in [0.1, 0.15) is 6.42 Å². The van der Waals surface area contributed by atoms with Crippen LogP contribution < -0.4 is 15.4 Å². The number of carbonyl (C=O) groups is 1. The van der Waals surface area contributed by atoms with Gasteiger partial charge in [0.1, 0.15) is 12.1 Å². The second-order valence-electron chi connectivity index (χ2n) is 7.41. The molecule has 12 heteroatoms. The average molecular weight is 445 g/mol. The van der Waals surface area contributed by atoms with Crippen molar-refractivity contribution in [3.8, 4) is 29.1 Å². The van der Waals surface area contributed by atoms with Crippen LogP contribution in [0.3, 0.4) is 0 Å². The summed E-state index contributed by atoms with van der Waals surface area (Å²) in [6.07, 6.45) is 7.77. The first-order chi connectivity index (χ1) is 14.9. The summed E-state index contributed by atoms with van der Waals surface area (Å²) in [4.78, 5) is 35.8. The van der Waals surface area contributed by atoms with E-state index in [1.807, 2.05) is 4.90 Å². The van der Waals surface area contributed by atoms with Gasteiger partial charge in [-0.25, -0.2) is 9.78 Å². The maximum atomic E-state index is 12.2. The quantitative estimate of drug-likeness (QED) is 0.674. The monoisotopic (exact) mass is 444 g/mol. The Balaban J connectivity index is 1.61. The smallest absolute Gasteiger partial charge is 0.322 e. The highest BCUT2D eigenvalue weighted by Crippen LogP contribution is 2.28. The number of ether oxygens (including phenoxy) is 2. The zero-order valence-corrected chi connectivity index (χ0v) is 18.2. The molecule has 0 aliphatic carbocycles. The molecule has 2 amide bonds. The third-order valence-corrected chi connectivity index (χ3v) is 5.82. The van der Waals surface area contributed by atoms with Crippen LogP contribution in [0.25, 0.3) is 10.7 Å². The maximum Gasteiger partial charge on any atom is 0.322 e. The molecular weight excluding hydrogens is 420 g/mol. The molecule has 4 heterocycles. The van der Waals surface area contributed by atoms with Crippen molar-refractivity contribution in [3.05, 3.63) is 6.20 Å². The Bertz CT molecular complexity index is 991. The van der Waals surface area contributed by atoms with Gasteiger partial charge in [-0.1, -0.05) is 17.3 Å². The first-order valence-corrected chi connectivity index (χ1v) is 10.7. The van der Waals surface area contributed by atoms with E-state index in [2.05, 4.69) is 25.9 Å². The summed E-state index contributed by atoms with van der Waals surface area (Å²) in [5.74, 6) is 3.55. The summed E-state index contributed by atoms with van der Waals surface area (Å²) < 4.78 is 11.6. The summed E-state index contributed by atoms with van der Waals surface area (Å²) >= 11 is 1.28. The fourth-order valence-corrected chi connectivity index (χ4v) is 4.06. The van der Waals surface area contributed by atoms with Gasteiger partial charge in [-0.3, -0.25) is 0 Å². The van der Waals surface area contributed by atoms with Crippen LogP contribution in [0.5, 0.6) is 6.01 Å². The summed E-state index contributed by atoms with van der Waals surface area (Å²) in [7, 11) is 3.46. The predicted octanol–water partition coefficient (Wildman–Crippen LogP) is 0.550. The fourth-order valence-electron chi connectivity index (χ4n) is 3.44. The summed E-state index contributed by atoms with van der Waals surface area (Å²) in [5, 5.41) is 0.418. The number of carbonyl (C=O) groups excluding carboxylic acids is 1. The highest BCUT2D eigenvalue weighted by atomic mass is 32.1. The number of urea groups is 1. The van der Waals surface area contributed by atoms with Gasteiger partial charge in [0, 0.05) is 33.6 Å². The molecule has 0 saturated carbocycles. The number of rotatable bonds is 4. The Morgan fingerprint density at radius 1 is 1.39 bits per heavy atom. The normalized spacial score (nSPS) is 21.1. The van der Waals surface area contributed by atoms with Gasteiger partial charge < -0.3 is 29.9 Å². The molecule has 0 bridgehead atoms. The maximum absolute atomic E-state index is 12.2. The van der Waals surface area contributed by atoms with Crippen LogP contribution in [-0.4, -0.2) is 94.9 Å². The average Bonchev–Trinajstić information content (AvgIpc) is 3.42. The minimum Gasteiger partial charge on any atom is -0.458 e. The van der Waals surface area contributed by atoms with Crippen LogP contribution in [-0.2, 0) is 4.74 Å².